The molecule has 0 heterocycles. The van der Waals surface area contributed by atoms with Crippen LogP contribution in [0.3, 0.4) is 0 Å². The molecule has 2 saturated carbocycles. The van der Waals surface area contributed by atoms with E-state index in [4.69, 9.17) is 0 Å². The summed E-state index contributed by atoms with van der Waals surface area (Å²) >= 11 is 0. The first kappa shape index (κ1) is 34.6. The molecule has 276 valence electrons. The predicted molar refractivity (Wildman–Crippen MR) is 233 cm³/mol. The van der Waals surface area contributed by atoms with Gasteiger partial charge in [-0.2, -0.15) is 0 Å². The van der Waals surface area contributed by atoms with Crippen LogP contribution in [0.5, 0.6) is 0 Å². The highest BCUT2D eigenvalue weighted by atomic mass is 15.1. The highest BCUT2D eigenvalue weighted by Gasteiger charge is 2.37. The molecule has 0 atom stereocenters. The average Bonchev–Trinajstić information content (AvgIpc) is 3.61. The zero-order valence-electron chi connectivity index (χ0n) is 33.3. The van der Waals surface area contributed by atoms with Crippen LogP contribution in [0.25, 0.3) is 33.4 Å². The molecule has 55 heavy (non-hydrogen) atoms. The lowest BCUT2D eigenvalue weighted by atomic mass is 9.78. The van der Waals surface area contributed by atoms with Gasteiger partial charge in [0.25, 0.3) is 0 Å². The molecule has 0 spiro atoms. The van der Waals surface area contributed by atoms with Crippen molar-refractivity contribution >= 4 is 17.1 Å². The fourth-order valence-corrected chi connectivity index (χ4v) is 11.1. The van der Waals surface area contributed by atoms with Gasteiger partial charge in [-0.15, -0.1) is 0 Å². The topological polar surface area (TPSA) is 3.24 Å². The molecule has 10 rings (SSSR count). The molecule has 0 amide bonds. The summed E-state index contributed by atoms with van der Waals surface area (Å²) in [5.74, 6) is 1.41. The minimum absolute atomic E-state index is 0.0710. The van der Waals surface area contributed by atoms with Crippen LogP contribution in [0, 0.1) is 0 Å². The number of benzene rings is 6. The molecule has 6 aromatic carbocycles. The first-order valence-corrected chi connectivity index (χ1v) is 21.3. The van der Waals surface area contributed by atoms with Crippen LogP contribution in [0.1, 0.15) is 137 Å². The van der Waals surface area contributed by atoms with Crippen molar-refractivity contribution in [1.29, 1.82) is 0 Å². The molecule has 0 radical (unpaired) electrons. The number of hydrogen-bond donors (Lipinski definition) is 0. The Labute approximate surface area is 329 Å². The molecule has 6 aromatic rings. The van der Waals surface area contributed by atoms with Crippen LogP contribution in [0.4, 0.5) is 17.1 Å². The molecule has 0 saturated heterocycles. The fraction of sp³-hybridized carbons (Fsp3) is 0.333. The summed E-state index contributed by atoms with van der Waals surface area (Å²) in [6.45, 7) is 9.55. The van der Waals surface area contributed by atoms with Gasteiger partial charge in [-0.05, 0) is 141 Å². The molecular weight excluding hydrogens is 663 g/mol. The van der Waals surface area contributed by atoms with Crippen molar-refractivity contribution in [1.82, 2.24) is 0 Å². The third kappa shape index (κ3) is 5.80. The zero-order valence-corrected chi connectivity index (χ0v) is 33.3. The van der Waals surface area contributed by atoms with Crippen molar-refractivity contribution < 1.29 is 0 Å². The summed E-state index contributed by atoms with van der Waals surface area (Å²) in [5.41, 5.74) is 20.5. The SMILES string of the molecule is CC1(C)c2ccccc2-c2ccc(N(c3ccc(-c4cc(C5CCCCC5)cc(C5CCCCC5)c4)cc3)c3ccc4c(c3)C(C)(C)c3ccccc3-4)cc21. The summed E-state index contributed by atoms with van der Waals surface area (Å²) in [6, 6.07) is 49.6. The van der Waals surface area contributed by atoms with Crippen LogP contribution in [-0.4, -0.2) is 0 Å². The molecule has 2 fully saturated rings. The highest BCUT2D eigenvalue weighted by Crippen LogP contribution is 2.53. The van der Waals surface area contributed by atoms with E-state index in [1.165, 1.54) is 137 Å². The summed E-state index contributed by atoms with van der Waals surface area (Å²) in [5, 5.41) is 0. The second kappa shape index (κ2) is 13.4. The maximum atomic E-state index is 2.62. The van der Waals surface area contributed by atoms with Crippen LogP contribution >= 0.6 is 0 Å². The van der Waals surface area contributed by atoms with Gasteiger partial charge in [0.05, 0.1) is 0 Å². The van der Waals surface area contributed by atoms with E-state index in [1.807, 2.05) is 0 Å². The fourth-order valence-electron chi connectivity index (χ4n) is 11.1. The van der Waals surface area contributed by atoms with Crippen molar-refractivity contribution in [2.24, 2.45) is 0 Å². The zero-order chi connectivity index (χ0) is 37.3. The lowest BCUT2D eigenvalue weighted by molar-refractivity contribution is 0.435. The van der Waals surface area contributed by atoms with Crippen molar-refractivity contribution in [3.63, 3.8) is 0 Å². The second-order valence-corrected chi connectivity index (χ2v) is 18.2. The van der Waals surface area contributed by atoms with Gasteiger partial charge in [0.1, 0.15) is 0 Å². The Morgan fingerprint density at radius 2 is 0.800 bits per heavy atom. The Balaban J connectivity index is 1.08. The molecule has 1 nitrogen and oxygen atoms in total. The highest BCUT2D eigenvalue weighted by molar-refractivity contribution is 5.88. The van der Waals surface area contributed by atoms with Gasteiger partial charge in [0.15, 0.2) is 0 Å². The number of rotatable bonds is 6. The van der Waals surface area contributed by atoms with Gasteiger partial charge in [-0.1, -0.05) is 157 Å². The van der Waals surface area contributed by atoms with E-state index in [0.717, 1.165) is 0 Å². The Bertz CT molecular complexity index is 2250. The molecule has 4 aliphatic rings. The van der Waals surface area contributed by atoms with Gasteiger partial charge in [-0.25, -0.2) is 0 Å². The summed E-state index contributed by atoms with van der Waals surface area (Å²) in [7, 11) is 0. The number of fused-ring (bicyclic) bond motifs is 6. The van der Waals surface area contributed by atoms with E-state index >= 15 is 0 Å². The van der Waals surface area contributed by atoms with Crippen molar-refractivity contribution in [3.8, 4) is 33.4 Å². The Morgan fingerprint density at radius 1 is 0.382 bits per heavy atom. The third-order valence-corrected chi connectivity index (χ3v) is 14.2. The second-order valence-electron chi connectivity index (χ2n) is 18.2. The lowest BCUT2D eigenvalue weighted by Crippen LogP contribution is -2.18. The van der Waals surface area contributed by atoms with E-state index in [-0.39, 0.29) is 10.8 Å². The van der Waals surface area contributed by atoms with Crippen LogP contribution in [0.15, 0.2) is 127 Å². The number of hydrogen-bond acceptors (Lipinski definition) is 1. The average molecular weight is 718 g/mol. The summed E-state index contributed by atoms with van der Waals surface area (Å²) < 4.78 is 0. The molecule has 0 aliphatic heterocycles. The first-order chi connectivity index (χ1) is 26.8. The Kier molecular flexibility index (Phi) is 8.43. The van der Waals surface area contributed by atoms with E-state index in [9.17, 15) is 0 Å². The van der Waals surface area contributed by atoms with Crippen molar-refractivity contribution in [3.05, 3.63) is 161 Å². The predicted octanol–water partition coefficient (Wildman–Crippen LogP) is 15.5. The van der Waals surface area contributed by atoms with Crippen LogP contribution in [-0.2, 0) is 10.8 Å². The first-order valence-electron chi connectivity index (χ1n) is 21.3. The van der Waals surface area contributed by atoms with Gasteiger partial charge in [-0.3, -0.25) is 0 Å². The van der Waals surface area contributed by atoms with Gasteiger partial charge < -0.3 is 4.90 Å². The molecule has 0 aromatic heterocycles. The Hall–Kier alpha value is -4.88. The van der Waals surface area contributed by atoms with E-state index in [2.05, 4.69) is 160 Å². The standard InChI is InChI=1S/C54H55N/c1-53(2)49-21-13-11-19-45(49)47-29-27-43(34-51(47)53)55(44-28-30-48-46-20-12-14-22-50(46)54(3,4)52(48)35-44)42-25-23-38(24-26-42)41-32-39(36-15-7-5-8-16-36)31-40(33-41)37-17-9-6-10-18-37/h11-14,19-37H,5-10,15-18H2,1-4H3. The summed E-state index contributed by atoms with van der Waals surface area (Å²) in [4.78, 5) is 2.51. The molecule has 1 heteroatoms. The number of anilines is 3. The summed E-state index contributed by atoms with van der Waals surface area (Å²) in [6.07, 6.45) is 13.6. The normalized spacial score (nSPS) is 18.3. The van der Waals surface area contributed by atoms with Crippen LogP contribution < -0.4 is 4.90 Å². The maximum Gasteiger partial charge on any atom is 0.0465 e. The maximum absolute atomic E-state index is 2.62. The van der Waals surface area contributed by atoms with Crippen molar-refractivity contribution in [2.75, 3.05) is 4.90 Å². The molecule has 4 aliphatic carbocycles. The van der Waals surface area contributed by atoms with Gasteiger partial charge in [0, 0.05) is 27.9 Å². The minimum Gasteiger partial charge on any atom is -0.310 e. The molecule has 0 unspecified atom stereocenters. The lowest BCUT2D eigenvalue weighted by Gasteiger charge is -2.30. The quantitative estimate of drug-likeness (QED) is 0.166. The molecular formula is C54H55N. The van der Waals surface area contributed by atoms with Gasteiger partial charge in [0.2, 0.25) is 0 Å². The van der Waals surface area contributed by atoms with E-state index in [1.54, 1.807) is 11.1 Å². The number of nitrogens with zero attached hydrogens (tertiary/aromatic N) is 1. The van der Waals surface area contributed by atoms with E-state index in [0.29, 0.717) is 11.8 Å². The molecule has 0 N–H and O–H groups in total. The monoisotopic (exact) mass is 717 g/mol. The Morgan fingerprint density at radius 3 is 1.27 bits per heavy atom. The van der Waals surface area contributed by atoms with Crippen LogP contribution in [0.2, 0.25) is 0 Å². The minimum atomic E-state index is -0.0710. The third-order valence-electron chi connectivity index (χ3n) is 14.2. The van der Waals surface area contributed by atoms with Gasteiger partial charge >= 0.3 is 0 Å². The molecule has 0 bridgehead atoms. The van der Waals surface area contributed by atoms with E-state index < -0.39 is 0 Å². The van der Waals surface area contributed by atoms with Crippen molar-refractivity contribution in [2.45, 2.75) is 115 Å². The smallest absolute Gasteiger partial charge is 0.0465 e. The largest absolute Gasteiger partial charge is 0.310 e.